The van der Waals surface area contributed by atoms with Gasteiger partial charge in [-0.25, -0.2) is 8.42 Å². The maximum atomic E-state index is 12.6. The van der Waals surface area contributed by atoms with E-state index in [4.69, 9.17) is 10.5 Å². The van der Waals surface area contributed by atoms with Crippen molar-refractivity contribution in [2.45, 2.75) is 16.7 Å². The predicted octanol–water partition coefficient (Wildman–Crippen LogP) is 4.20. The lowest BCUT2D eigenvalue weighted by Crippen LogP contribution is -2.01. The highest BCUT2D eigenvalue weighted by molar-refractivity contribution is 7.91. The molecule has 3 rings (SSSR count). The van der Waals surface area contributed by atoms with E-state index in [1.807, 2.05) is 6.92 Å². The number of rotatable bonds is 4. The summed E-state index contributed by atoms with van der Waals surface area (Å²) >= 11 is 0. The van der Waals surface area contributed by atoms with Gasteiger partial charge in [-0.05, 0) is 55.5 Å². The molecular weight excluding hydrogens is 322 g/mol. The first-order valence-electron chi connectivity index (χ1n) is 7.40. The van der Waals surface area contributed by atoms with Crippen molar-refractivity contribution in [3.05, 3.63) is 78.4 Å². The molecule has 2 N–H and O–H groups in total. The van der Waals surface area contributed by atoms with Gasteiger partial charge in [0.1, 0.15) is 11.5 Å². The highest BCUT2D eigenvalue weighted by atomic mass is 32.2. The molecule has 3 aromatic rings. The lowest BCUT2D eigenvalue weighted by atomic mass is 10.2. The molecule has 0 aliphatic rings. The number of sulfone groups is 1. The zero-order valence-electron chi connectivity index (χ0n) is 13.1. The second kappa shape index (κ2) is 6.37. The predicted molar refractivity (Wildman–Crippen MR) is 94.0 cm³/mol. The monoisotopic (exact) mass is 339 g/mol. The van der Waals surface area contributed by atoms with E-state index in [1.54, 1.807) is 60.7 Å². The van der Waals surface area contributed by atoms with Crippen molar-refractivity contribution in [2.75, 3.05) is 5.73 Å². The van der Waals surface area contributed by atoms with Gasteiger partial charge in [-0.3, -0.25) is 0 Å². The minimum atomic E-state index is -3.53. The Morgan fingerprint density at radius 2 is 1.38 bits per heavy atom. The van der Waals surface area contributed by atoms with Gasteiger partial charge >= 0.3 is 0 Å². The fourth-order valence-corrected chi connectivity index (χ4v) is 3.52. The molecule has 5 heteroatoms. The lowest BCUT2D eigenvalue weighted by Gasteiger charge is -2.08. The Bertz CT molecular complexity index is 947. The van der Waals surface area contributed by atoms with Gasteiger partial charge in [0.2, 0.25) is 9.84 Å². The molecule has 0 fully saturated rings. The summed E-state index contributed by atoms with van der Waals surface area (Å²) < 4.78 is 30.9. The van der Waals surface area contributed by atoms with E-state index >= 15 is 0 Å². The average molecular weight is 339 g/mol. The molecule has 0 spiro atoms. The van der Waals surface area contributed by atoms with Crippen LogP contribution >= 0.6 is 0 Å². The van der Waals surface area contributed by atoms with Gasteiger partial charge in [-0.2, -0.15) is 0 Å². The summed E-state index contributed by atoms with van der Waals surface area (Å²) in [5.41, 5.74) is 7.33. The molecule has 3 aromatic carbocycles. The minimum Gasteiger partial charge on any atom is -0.457 e. The van der Waals surface area contributed by atoms with Crippen LogP contribution in [0.1, 0.15) is 5.56 Å². The van der Waals surface area contributed by atoms with Crippen LogP contribution in [0.4, 0.5) is 5.69 Å². The van der Waals surface area contributed by atoms with Crippen LogP contribution in [0.2, 0.25) is 0 Å². The Hall–Kier alpha value is -2.79. The first kappa shape index (κ1) is 16.1. The second-order valence-electron chi connectivity index (χ2n) is 5.46. The van der Waals surface area contributed by atoms with Gasteiger partial charge in [0.25, 0.3) is 0 Å². The number of ether oxygens (including phenoxy) is 1. The maximum absolute atomic E-state index is 12.6. The molecule has 0 aliphatic carbocycles. The zero-order valence-corrected chi connectivity index (χ0v) is 14.0. The molecule has 0 saturated carbocycles. The molecule has 122 valence electrons. The van der Waals surface area contributed by atoms with E-state index in [0.717, 1.165) is 5.56 Å². The van der Waals surface area contributed by atoms with Crippen LogP contribution in [-0.2, 0) is 9.84 Å². The second-order valence-corrected chi connectivity index (χ2v) is 7.41. The van der Waals surface area contributed by atoms with Gasteiger partial charge in [-0.15, -0.1) is 0 Å². The molecule has 0 saturated heterocycles. The number of hydrogen-bond donors (Lipinski definition) is 1. The quantitative estimate of drug-likeness (QED) is 0.723. The van der Waals surface area contributed by atoms with Gasteiger partial charge < -0.3 is 10.5 Å². The first-order valence-corrected chi connectivity index (χ1v) is 8.89. The van der Waals surface area contributed by atoms with Gasteiger partial charge in [0.05, 0.1) is 9.79 Å². The van der Waals surface area contributed by atoms with Crippen LogP contribution in [0.15, 0.2) is 82.6 Å². The topological polar surface area (TPSA) is 69.4 Å². The summed E-state index contributed by atoms with van der Waals surface area (Å²) in [6.45, 7) is 1.92. The number of hydrogen-bond acceptors (Lipinski definition) is 4. The Kier molecular flexibility index (Phi) is 4.27. The Morgan fingerprint density at radius 1 is 0.792 bits per heavy atom. The Labute approximate surface area is 141 Å². The largest absolute Gasteiger partial charge is 0.457 e. The first-order chi connectivity index (χ1) is 11.4. The average Bonchev–Trinajstić information content (AvgIpc) is 2.56. The van der Waals surface area contributed by atoms with E-state index in [0.29, 0.717) is 17.2 Å². The van der Waals surface area contributed by atoms with Crippen molar-refractivity contribution >= 4 is 15.5 Å². The van der Waals surface area contributed by atoms with Crippen LogP contribution in [0.5, 0.6) is 11.5 Å². The fraction of sp³-hybridized carbons (Fsp3) is 0.0526. The molecule has 0 unspecified atom stereocenters. The van der Waals surface area contributed by atoms with Crippen molar-refractivity contribution in [2.24, 2.45) is 0 Å². The highest BCUT2D eigenvalue weighted by Gasteiger charge is 2.17. The third-order valence-electron chi connectivity index (χ3n) is 3.56. The molecule has 0 radical (unpaired) electrons. The van der Waals surface area contributed by atoms with E-state index in [2.05, 4.69) is 0 Å². The van der Waals surface area contributed by atoms with Gasteiger partial charge in [0, 0.05) is 11.8 Å². The highest BCUT2D eigenvalue weighted by Crippen LogP contribution is 2.26. The van der Waals surface area contributed by atoms with Crippen LogP contribution in [0.25, 0.3) is 0 Å². The maximum Gasteiger partial charge on any atom is 0.206 e. The number of benzene rings is 3. The van der Waals surface area contributed by atoms with E-state index in [9.17, 15) is 8.42 Å². The van der Waals surface area contributed by atoms with Crippen LogP contribution in [-0.4, -0.2) is 8.42 Å². The summed E-state index contributed by atoms with van der Waals surface area (Å²) in [6, 6.07) is 20.2. The molecule has 0 atom stereocenters. The lowest BCUT2D eigenvalue weighted by molar-refractivity contribution is 0.482. The minimum absolute atomic E-state index is 0.228. The van der Waals surface area contributed by atoms with E-state index in [-0.39, 0.29) is 9.79 Å². The summed E-state index contributed by atoms with van der Waals surface area (Å²) in [5.74, 6) is 1.15. The molecular formula is C19H17NO3S. The van der Waals surface area contributed by atoms with Crippen molar-refractivity contribution in [1.82, 2.24) is 0 Å². The Morgan fingerprint density at radius 3 is 1.96 bits per heavy atom. The van der Waals surface area contributed by atoms with E-state index < -0.39 is 9.84 Å². The van der Waals surface area contributed by atoms with Gasteiger partial charge in [-0.1, -0.05) is 23.8 Å². The summed E-state index contributed by atoms with van der Waals surface area (Å²) in [4.78, 5) is 0.504. The van der Waals surface area contributed by atoms with Crippen molar-refractivity contribution in [1.29, 1.82) is 0 Å². The zero-order chi connectivity index (χ0) is 17.2. The molecule has 0 aliphatic heterocycles. The third-order valence-corrected chi connectivity index (χ3v) is 5.34. The number of aryl methyl sites for hydroxylation is 1. The number of nitrogens with two attached hydrogens (primary N) is 1. The third kappa shape index (κ3) is 3.41. The summed E-state index contributed by atoms with van der Waals surface area (Å²) in [7, 11) is -3.53. The molecule has 0 bridgehead atoms. The SMILES string of the molecule is Cc1ccc(S(=O)(=O)c2ccc(Oc3cccc(N)c3)cc2)cc1. The van der Waals surface area contributed by atoms with Crippen LogP contribution in [0.3, 0.4) is 0 Å². The summed E-state index contributed by atoms with van der Waals surface area (Å²) in [5, 5.41) is 0. The van der Waals surface area contributed by atoms with Gasteiger partial charge in [0.15, 0.2) is 0 Å². The smallest absolute Gasteiger partial charge is 0.206 e. The molecule has 0 amide bonds. The molecule has 0 heterocycles. The normalized spacial score (nSPS) is 11.2. The standard InChI is InChI=1S/C19H17NO3S/c1-14-5-9-18(10-6-14)24(21,22)19-11-7-16(8-12-19)23-17-4-2-3-15(20)13-17/h2-13H,20H2,1H3. The fourth-order valence-electron chi connectivity index (χ4n) is 2.25. The summed E-state index contributed by atoms with van der Waals surface area (Å²) in [6.07, 6.45) is 0. The number of nitrogen functional groups attached to an aromatic ring is 1. The van der Waals surface area contributed by atoms with Crippen molar-refractivity contribution < 1.29 is 13.2 Å². The van der Waals surface area contributed by atoms with Crippen molar-refractivity contribution in [3.63, 3.8) is 0 Å². The molecule has 4 nitrogen and oxygen atoms in total. The molecule has 0 aromatic heterocycles. The van der Waals surface area contributed by atoms with Crippen LogP contribution < -0.4 is 10.5 Å². The van der Waals surface area contributed by atoms with E-state index in [1.165, 1.54) is 12.1 Å². The Balaban J connectivity index is 1.85. The number of anilines is 1. The van der Waals surface area contributed by atoms with Crippen LogP contribution in [0, 0.1) is 6.92 Å². The van der Waals surface area contributed by atoms with Crippen molar-refractivity contribution in [3.8, 4) is 11.5 Å². The molecule has 24 heavy (non-hydrogen) atoms.